The van der Waals surface area contributed by atoms with E-state index in [1.54, 1.807) is 0 Å². The maximum Gasteiger partial charge on any atom is 0.110 e. The van der Waals surface area contributed by atoms with Gasteiger partial charge in [-0.3, -0.25) is 0 Å². The second-order valence-electron chi connectivity index (χ2n) is 5.84. The molecule has 0 bridgehead atoms. The van der Waals surface area contributed by atoms with E-state index < -0.39 is 0 Å². The maximum absolute atomic E-state index is 9.25. The molecule has 3 rings (SSSR count). The van der Waals surface area contributed by atoms with Gasteiger partial charge in [-0.2, -0.15) is 0 Å². The van der Waals surface area contributed by atoms with Crippen molar-refractivity contribution in [1.29, 1.82) is 0 Å². The zero-order chi connectivity index (χ0) is 12.5. The van der Waals surface area contributed by atoms with Crippen molar-refractivity contribution in [3.63, 3.8) is 0 Å². The molecule has 2 atom stereocenters. The molecule has 0 amide bonds. The average molecular weight is 249 g/mol. The first-order valence-corrected chi connectivity index (χ1v) is 7.12. The van der Waals surface area contributed by atoms with Crippen LogP contribution in [0, 0.1) is 5.92 Å². The van der Waals surface area contributed by atoms with Gasteiger partial charge in [-0.15, -0.1) is 0 Å². The number of nitrogens with zero attached hydrogens (tertiary/aromatic N) is 3. The molecule has 3 heterocycles. The number of aliphatic hydroxyl groups is 1. The highest BCUT2D eigenvalue weighted by atomic mass is 16.3. The lowest BCUT2D eigenvalue weighted by Gasteiger charge is -2.25. The van der Waals surface area contributed by atoms with Gasteiger partial charge in [-0.1, -0.05) is 0 Å². The molecule has 0 spiro atoms. The van der Waals surface area contributed by atoms with E-state index in [1.807, 2.05) is 6.20 Å². The first-order chi connectivity index (χ1) is 8.78. The molecule has 1 aromatic heterocycles. The highest BCUT2D eigenvalue weighted by Crippen LogP contribution is 2.24. The van der Waals surface area contributed by atoms with Crippen LogP contribution in [0.4, 0.5) is 0 Å². The van der Waals surface area contributed by atoms with Crippen LogP contribution in [0.5, 0.6) is 0 Å². The molecule has 4 nitrogen and oxygen atoms in total. The Labute approximate surface area is 109 Å². The van der Waals surface area contributed by atoms with E-state index in [9.17, 15) is 5.11 Å². The van der Waals surface area contributed by atoms with Crippen molar-refractivity contribution in [3.8, 4) is 0 Å². The van der Waals surface area contributed by atoms with Gasteiger partial charge in [0.25, 0.3) is 0 Å². The van der Waals surface area contributed by atoms with E-state index in [4.69, 9.17) is 0 Å². The molecule has 18 heavy (non-hydrogen) atoms. The molecule has 0 saturated carbocycles. The zero-order valence-electron chi connectivity index (χ0n) is 11.2. The summed E-state index contributed by atoms with van der Waals surface area (Å²) in [6.45, 7) is 2.57. The molecule has 1 N–H and O–H groups in total. The molecule has 2 aliphatic heterocycles. The number of hydrogen-bond donors (Lipinski definition) is 1. The van der Waals surface area contributed by atoms with Gasteiger partial charge in [0.15, 0.2) is 0 Å². The summed E-state index contributed by atoms with van der Waals surface area (Å²) in [4.78, 5) is 7.08. The lowest BCUT2D eigenvalue weighted by Crippen LogP contribution is -2.29. The Morgan fingerprint density at radius 2 is 2.28 bits per heavy atom. The van der Waals surface area contributed by atoms with Crippen molar-refractivity contribution >= 4 is 0 Å². The third-order valence-electron chi connectivity index (χ3n) is 4.63. The van der Waals surface area contributed by atoms with Crippen LogP contribution in [0.15, 0.2) is 6.20 Å². The maximum atomic E-state index is 9.25. The summed E-state index contributed by atoms with van der Waals surface area (Å²) in [6.07, 6.45) is 7.81. The fourth-order valence-electron chi connectivity index (χ4n) is 3.37. The first kappa shape index (κ1) is 12.2. The fourth-order valence-corrected chi connectivity index (χ4v) is 3.37. The summed E-state index contributed by atoms with van der Waals surface area (Å²) in [5.74, 6) is 1.69. The minimum atomic E-state index is 0.311. The molecule has 100 valence electrons. The van der Waals surface area contributed by atoms with Gasteiger partial charge < -0.3 is 14.6 Å². The Balaban J connectivity index is 1.73. The predicted molar refractivity (Wildman–Crippen MR) is 70.5 cm³/mol. The van der Waals surface area contributed by atoms with Gasteiger partial charge in [-0.05, 0) is 45.2 Å². The van der Waals surface area contributed by atoms with Crippen LogP contribution in [0.25, 0.3) is 0 Å². The lowest BCUT2D eigenvalue weighted by atomic mass is 9.97. The number of aromatic nitrogens is 2. The summed E-state index contributed by atoms with van der Waals surface area (Å²) in [7, 11) is 2.22. The number of likely N-dealkylation sites (N-methyl/N-ethyl adjacent to an activating group) is 1. The van der Waals surface area contributed by atoms with Gasteiger partial charge in [0.05, 0.1) is 0 Å². The van der Waals surface area contributed by atoms with Crippen molar-refractivity contribution in [2.24, 2.45) is 5.92 Å². The summed E-state index contributed by atoms with van der Waals surface area (Å²) in [5, 5.41) is 9.25. The van der Waals surface area contributed by atoms with Crippen molar-refractivity contribution in [2.75, 3.05) is 20.2 Å². The normalized spacial score (nSPS) is 28.6. The summed E-state index contributed by atoms with van der Waals surface area (Å²) >= 11 is 0. The van der Waals surface area contributed by atoms with E-state index >= 15 is 0 Å². The Kier molecular flexibility index (Phi) is 3.39. The number of aliphatic hydroxyl groups excluding tert-OH is 1. The van der Waals surface area contributed by atoms with Crippen LogP contribution in [-0.4, -0.2) is 45.8 Å². The van der Waals surface area contributed by atoms with E-state index in [1.165, 1.54) is 30.9 Å². The highest BCUT2D eigenvalue weighted by molar-refractivity contribution is 5.10. The van der Waals surface area contributed by atoms with E-state index in [0.717, 1.165) is 25.8 Å². The monoisotopic (exact) mass is 249 g/mol. The second kappa shape index (κ2) is 5.02. The molecule has 1 aromatic rings. The Bertz CT molecular complexity index is 415. The second-order valence-corrected chi connectivity index (χ2v) is 5.84. The number of rotatable bonds is 3. The van der Waals surface area contributed by atoms with Crippen LogP contribution in [0.1, 0.15) is 30.8 Å². The van der Waals surface area contributed by atoms with Crippen LogP contribution in [0.3, 0.4) is 0 Å². The first-order valence-electron chi connectivity index (χ1n) is 7.12. The molecular formula is C14H23N3O. The van der Waals surface area contributed by atoms with Crippen molar-refractivity contribution < 1.29 is 5.11 Å². The largest absolute Gasteiger partial charge is 0.396 e. The van der Waals surface area contributed by atoms with Gasteiger partial charge in [0.1, 0.15) is 5.82 Å². The molecule has 1 saturated heterocycles. The molecular weight excluding hydrogens is 226 g/mol. The molecule has 0 radical (unpaired) electrons. The topological polar surface area (TPSA) is 41.3 Å². The van der Waals surface area contributed by atoms with Gasteiger partial charge >= 0.3 is 0 Å². The smallest absolute Gasteiger partial charge is 0.110 e. The lowest BCUT2D eigenvalue weighted by molar-refractivity contribution is 0.199. The van der Waals surface area contributed by atoms with E-state index in [-0.39, 0.29) is 0 Å². The summed E-state index contributed by atoms with van der Waals surface area (Å²) in [6, 6.07) is 0.673. The molecule has 4 heteroatoms. The molecule has 0 aliphatic carbocycles. The molecule has 0 aromatic carbocycles. The van der Waals surface area contributed by atoms with Gasteiger partial charge in [0, 0.05) is 37.5 Å². The zero-order valence-corrected chi connectivity index (χ0v) is 11.2. The van der Waals surface area contributed by atoms with Crippen LogP contribution in [-0.2, 0) is 19.4 Å². The van der Waals surface area contributed by atoms with Crippen molar-refractivity contribution in [2.45, 2.75) is 44.7 Å². The predicted octanol–water partition coefficient (Wildman–Crippen LogP) is 1.07. The third-order valence-corrected chi connectivity index (χ3v) is 4.63. The molecule has 2 aliphatic rings. The quantitative estimate of drug-likeness (QED) is 0.871. The van der Waals surface area contributed by atoms with Crippen LogP contribution in [0.2, 0.25) is 0 Å². The van der Waals surface area contributed by atoms with Crippen LogP contribution >= 0.6 is 0 Å². The number of hydrogen-bond acceptors (Lipinski definition) is 3. The summed E-state index contributed by atoms with van der Waals surface area (Å²) in [5.41, 5.74) is 1.32. The van der Waals surface area contributed by atoms with E-state index in [2.05, 4.69) is 21.5 Å². The van der Waals surface area contributed by atoms with Gasteiger partial charge in [-0.25, -0.2) is 4.98 Å². The minimum absolute atomic E-state index is 0.311. The third kappa shape index (κ3) is 2.19. The Morgan fingerprint density at radius 3 is 3.00 bits per heavy atom. The minimum Gasteiger partial charge on any atom is -0.396 e. The Hall–Kier alpha value is -0.870. The van der Waals surface area contributed by atoms with Gasteiger partial charge in [0.2, 0.25) is 0 Å². The molecule has 2 unspecified atom stereocenters. The Morgan fingerprint density at radius 1 is 1.39 bits per heavy atom. The molecule has 1 fully saturated rings. The fraction of sp³-hybridized carbons (Fsp3) is 0.786. The number of likely N-dealkylation sites (tertiary alicyclic amines) is 1. The highest BCUT2D eigenvalue weighted by Gasteiger charge is 2.25. The average Bonchev–Trinajstić information content (AvgIpc) is 2.97. The van der Waals surface area contributed by atoms with Crippen molar-refractivity contribution in [1.82, 2.24) is 14.5 Å². The summed E-state index contributed by atoms with van der Waals surface area (Å²) < 4.78 is 2.39. The van der Waals surface area contributed by atoms with Crippen molar-refractivity contribution in [3.05, 3.63) is 17.7 Å². The SMILES string of the molecule is CN1CCCC1Cc1ncc2n1CCC(CO)C2. The standard InChI is InChI=1S/C14H23N3O/c1-16-5-2-3-12(16)8-14-15-9-13-7-11(10-18)4-6-17(13)14/h9,11-12,18H,2-8,10H2,1H3. The van der Waals surface area contributed by atoms with E-state index in [0.29, 0.717) is 18.6 Å². The number of fused-ring (bicyclic) bond motifs is 1. The number of imidazole rings is 1. The van der Waals surface area contributed by atoms with Crippen LogP contribution < -0.4 is 0 Å².